The van der Waals surface area contributed by atoms with Crippen LogP contribution in [0, 0.1) is 21.7 Å². The monoisotopic (exact) mass is 921 g/mol. The van der Waals surface area contributed by atoms with Gasteiger partial charge in [0.15, 0.2) is 0 Å². The van der Waals surface area contributed by atoms with Crippen molar-refractivity contribution < 1.29 is 0 Å². The Kier molecular flexibility index (Phi) is 14.6. The van der Waals surface area contributed by atoms with Crippen molar-refractivity contribution in [1.29, 1.82) is 0 Å². The fraction of sp³-hybridized carbons (Fsp3) is 0.314. The van der Waals surface area contributed by atoms with Gasteiger partial charge < -0.3 is 0 Å². The van der Waals surface area contributed by atoms with Gasteiger partial charge in [-0.05, 0) is 111 Å². The summed E-state index contributed by atoms with van der Waals surface area (Å²) in [7, 11) is 0. The van der Waals surface area contributed by atoms with Gasteiger partial charge in [0.1, 0.15) is 0 Å². The lowest BCUT2D eigenvalue weighted by Gasteiger charge is -2.30. The zero-order chi connectivity index (χ0) is 50.9. The number of rotatable bonds is 0. The summed E-state index contributed by atoms with van der Waals surface area (Å²) in [6.45, 7) is 35.0. The number of fused-ring (bicyclic) bond motifs is 20. The van der Waals surface area contributed by atoms with Gasteiger partial charge in [0.05, 0.1) is 10.8 Å². The van der Waals surface area contributed by atoms with E-state index in [1.54, 1.807) is 0 Å². The van der Waals surface area contributed by atoms with Gasteiger partial charge in [0.25, 0.3) is 0 Å². The molecule has 70 heavy (non-hydrogen) atoms. The average molecular weight is 921 g/mol. The van der Waals surface area contributed by atoms with Gasteiger partial charge in [-0.1, -0.05) is 305 Å². The van der Waals surface area contributed by atoms with Crippen molar-refractivity contribution in [3.8, 4) is 44.5 Å². The third kappa shape index (κ3) is 10.7. The van der Waals surface area contributed by atoms with Crippen LogP contribution in [0.15, 0.2) is 194 Å². The molecule has 0 unspecified atom stereocenters. The highest BCUT2D eigenvalue weighted by Gasteiger charge is 2.52. The second kappa shape index (κ2) is 19.9. The average Bonchev–Trinajstić information content (AvgIpc) is 3.97. The molecule has 0 fully saturated rings. The smallest absolute Gasteiger partial charge is 0.0619 e. The van der Waals surface area contributed by atoms with Crippen molar-refractivity contribution in [2.24, 2.45) is 21.7 Å². The van der Waals surface area contributed by atoms with Crippen molar-refractivity contribution in [1.82, 2.24) is 0 Å². The summed E-state index contributed by atoms with van der Waals surface area (Å²) in [6, 6.07) is 71.3. The number of hydrogen-bond donors (Lipinski definition) is 0. The molecule has 4 aliphatic rings. The molecule has 0 aliphatic heterocycles. The molecular formula is C70H80. The molecule has 8 aromatic rings. The Hall–Kier alpha value is -6.24. The molecule has 4 aliphatic carbocycles. The Morgan fingerprint density at radius 1 is 0.171 bits per heavy atom. The van der Waals surface area contributed by atoms with E-state index in [4.69, 9.17) is 0 Å². The fourth-order valence-electron chi connectivity index (χ4n) is 10.1. The van der Waals surface area contributed by atoms with Gasteiger partial charge in [0.2, 0.25) is 0 Å². The molecule has 8 aromatic carbocycles. The van der Waals surface area contributed by atoms with Gasteiger partial charge in [-0.3, -0.25) is 0 Å². The molecular weight excluding hydrogens is 841 g/mol. The zero-order valence-electron chi connectivity index (χ0n) is 45.5. The van der Waals surface area contributed by atoms with Crippen LogP contribution in [0.25, 0.3) is 44.5 Å². The Balaban J connectivity index is 0.000000150. The molecule has 0 saturated carbocycles. The number of benzene rings is 8. The Bertz CT molecular complexity index is 2440. The van der Waals surface area contributed by atoms with E-state index in [-0.39, 0.29) is 10.8 Å². The number of hydrogen-bond acceptors (Lipinski definition) is 0. The van der Waals surface area contributed by atoms with E-state index in [2.05, 4.69) is 305 Å². The van der Waals surface area contributed by atoms with E-state index in [9.17, 15) is 0 Å². The van der Waals surface area contributed by atoms with E-state index in [1.165, 1.54) is 89.0 Å². The highest BCUT2D eigenvalue weighted by atomic mass is 14.5. The van der Waals surface area contributed by atoms with Crippen molar-refractivity contribution in [3.63, 3.8) is 0 Å². The summed E-state index contributed by atoms with van der Waals surface area (Å²) in [4.78, 5) is 0. The van der Waals surface area contributed by atoms with E-state index < -0.39 is 0 Å². The molecule has 0 bridgehead atoms. The maximum absolute atomic E-state index is 2.31. The molecule has 0 heterocycles. The largest absolute Gasteiger partial charge is 0.0725 e. The first-order valence-electron chi connectivity index (χ1n) is 25.6. The Morgan fingerprint density at radius 3 is 0.357 bits per heavy atom. The molecule has 0 saturated heterocycles. The first-order chi connectivity index (χ1) is 32.8. The second-order valence-corrected chi connectivity index (χ2v) is 25.9. The minimum atomic E-state index is -0.180. The predicted molar refractivity (Wildman–Crippen MR) is 306 cm³/mol. The summed E-state index contributed by atoms with van der Waals surface area (Å²) in [5, 5.41) is 0. The van der Waals surface area contributed by atoms with Gasteiger partial charge in [0, 0.05) is 0 Å². The zero-order valence-corrected chi connectivity index (χ0v) is 45.5. The van der Waals surface area contributed by atoms with Crippen LogP contribution in [0.1, 0.15) is 155 Å². The highest BCUT2D eigenvalue weighted by Crippen LogP contribution is 2.64. The lowest BCUT2D eigenvalue weighted by atomic mass is 9.70. The van der Waals surface area contributed by atoms with Crippen molar-refractivity contribution in [3.05, 3.63) is 239 Å². The van der Waals surface area contributed by atoms with E-state index in [0.29, 0.717) is 21.7 Å². The van der Waals surface area contributed by atoms with Gasteiger partial charge >= 0.3 is 0 Å². The minimum absolute atomic E-state index is 0.180. The van der Waals surface area contributed by atoms with Crippen LogP contribution >= 0.6 is 0 Å². The van der Waals surface area contributed by atoms with Gasteiger partial charge in [-0.15, -0.1) is 0 Å². The molecule has 12 rings (SSSR count). The quantitative estimate of drug-likeness (QED) is 0.142. The van der Waals surface area contributed by atoms with Crippen molar-refractivity contribution in [2.45, 2.75) is 122 Å². The lowest BCUT2D eigenvalue weighted by molar-refractivity contribution is 0.469. The van der Waals surface area contributed by atoms with Crippen LogP contribution < -0.4 is 0 Å². The molecule has 360 valence electrons. The molecule has 0 aromatic heterocycles. The van der Waals surface area contributed by atoms with E-state index in [0.717, 1.165) is 0 Å². The normalized spacial score (nSPS) is 13.9. The van der Waals surface area contributed by atoms with Crippen LogP contribution in [0.4, 0.5) is 0 Å². The SMILES string of the molecule is CC(C)(C)C.CC(C)(C)C.CC(C)(C)C.CC(C)(C)C.c1ccc2c(c1)-c1ccccc1C21c2ccccc2-c2ccccc21.c1ccc2c(c1)-c1ccccc1C21c2ccccc2-c2ccccc21. The first kappa shape index (κ1) is 51.6. The first-order valence-corrected chi connectivity index (χ1v) is 25.6. The van der Waals surface area contributed by atoms with Crippen LogP contribution in [0.3, 0.4) is 0 Å². The summed E-state index contributed by atoms with van der Waals surface area (Å²) in [5.41, 5.74) is 23.8. The second-order valence-electron chi connectivity index (χ2n) is 25.9. The lowest BCUT2D eigenvalue weighted by Crippen LogP contribution is -2.25. The maximum atomic E-state index is 2.31. The summed E-state index contributed by atoms with van der Waals surface area (Å²) < 4.78 is 0. The summed E-state index contributed by atoms with van der Waals surface area (Å²) in [5.74, 6) is 0. The molecule has 0 radical (unpaired) electrons. The molecule has 0 N–H and O–H groups in total. The fourth-order valence-corrected chi connectivity index (χ4v) is 10.1. The highest BCUT2D eigenvalue weighted by molar-refractivity contribution is 5.96. The molecule has 0 nitrogen and oxygen atoms in total. The predicted octanol–water partition coefficient (Wildman–Crippen LogP) is 20.3. The van der Waals surface area contributed by atoms with E-state index >= 15 is 0 Å². The Labute approximate surface area is 424 Å². The van der Waals surface area contributed by atoms with Crippen molar-refractivity contribution >= 4 is 0 Å². The molecule has 0 amide bonds. The van der Waals surface area contributed by atoms with Crippen LogP contribution in [0.2, 0.25) is 0 Å². The van der Waals surface area contributed by atoms with Crippen LogP contribution in [-0.2, 0) is 10.8 Å². The standard InChI is InChI=1S/2C25H16.4C5H12/c2*1-5-13-21-17(9-1)18-10-2-6-14-22(18)25(21)23-15-7-3-11-19(23)20-12-4-8-16-24(20)25;4*1-5(2,3)4/h2*1-16H;4*1-4H3. The topological polar surface area (TPSA) is 0 Å². The summed E-state index contributed by atoms with van der Waals surface area (Å²) >= 11 is 0. The molecule has 0 heteroatoms. The van der Waals surface area contributed by atoms with E-state index in [1.807, 2.05) is 0 Å². The molecule has 2 spiro atoms. The minimum Gasteiger partial charge on any atom is -0.0619 e. The van der Waals surface area contributed by atoms with Gasteiger partial charge in [-0.25, -0.2) is 0 Å². The third-order valence-corrected chi connectivity index (χ3v) is 11.8. The van der Waals surface area contributed by atoms with Crippen LogP contribution in [0.5, 0.6) is 0 Å². The maximum Gasteiger partial charge on any atom is 0.0725 e. The van der Waals surface area contributed by atoms with Gasteiger partial charge in [-0.2, -0.15) is 0 Å². The third-order valence-electron chi connectivity index (χ3n) is 11.8. The van der Waals surface area contributed by atoms with Crippen LogP contribution in [-0.4, -0.2) is 0 Å². The van der Waals surface area contributed by atoms with Crippen molar-refractivity contribution in [2.75, 3.05) is 0 Å². The molecule has 0 atom stereocenters. The summed E-state index contributed by atoms with van der Waals surface area (Å²) in [6.07, 6.45) is 0. The Morgan fingerprint density at radius 2 is 0.257 bits per heavy atom.